The van der Waals surface area contributed by atoms with Crippen LogP contribution in [0.1, 0.15) is 64.0 Å². The molecule has 2 heterocycles. The maximum atomic E-state index is 14.1. The highest BCUT2D eigenvalue weighted by Gasteiger charge is 2.28. The van der Waals surface area contributed by atoms with Gasteiger partial charge in [0.25, 0.3) is 0 Å². The minimum atomic E-state index is -0.452. The number of piperidine rings is 2. The quantitative estimate of drug-likeness (QED) is 0.634. The van der Waals surface area contributed by atoms with E-state index in [0.29, 0.717) is 17.0 Å². The van der Waals surface area contributed by atoms with E-state index in [-0.39, 0.29) is 24.6 Å². The average molecular weight is 446 g/mol. The van der Waals surface area contributed by atoms with E-state index in [9.17, 15) is 9.18 Å². The Bertz CT molecular complexity index is 810. The summed E-state index contributed by atoms with van der Waals surface area (Å²) in [6, 6.07) is 6.48. The largest absolute Gasteiger partial charge is 0.444 e. The average Bonchev–Trinajstić information content (AvgIpc) is 2.76. The summed E-state index contributed by atoms with van der Waals surface area (Å²) in [5, 5.41) is 8.86. The van der Waals surface area contributed by atoms with Gasteiger partial charge in [-0.3, -0.25) is 0 Å². The summed E-state index contributed by atoms with van der Waals surface area (Å²) in [7, 11) is 0. The van der Waals surface area contributed by atoms with Crippen LogP contribution in [0.15, 0.2) is 18.2 Å². The molecule has 1 aromatic carbocycles. The smallest absolute Gasteiger partial charge is 0.410 e. The van der Waals surface area contributed by atoms with E-state index in [0.717, 1.165) is 64.8 Å². The molecule has 2 saturated heterocycles. The third kappa shape index (κ3) is 7.46. The van der Waals surface area contributed by atoms with Crippen molar-refractivity contribution in [3.05, 3.63) is 35.1 Å². The maximum Gasteiger partial charge on any atom is 0.410 e. The number of hydrogen-bond acceptors (Lipinski definition) is 5. The minimum absolute atomic E-state index is 0.104. The van der Waals surface area contributed by atoms with Crippen LogP contribution in [0.25, 0.3) is 0 Å². The lowest BCUT2D eigenvalue weighted by atomic mass is 9.93. The van der Waals surface area contributed by atoms with Gasteiger partial charge in [-0.25, -0.2) is 9.18 Å². The van der Waals surface area contributed by atoms with E-state index in [2.05, 4.69) is 4.90 Å². The fraction of sp³-hybridized carbons (Fsp3) is 0.680. The number of benzene rings is 1. The molecule has 0 saturated carbocycles. The summed E-state index contributed by atoms with van der Waals surface area (Å²) in [5.41, 5.74) is 0.372. The van der Waals surface area contributed by atoms with E-state index < -0.39 is 5.60 Å². The first kappa shape index (κ1) is 24.5. The van der Waals surface area contributed by atoms with Crippen LogP contribution in [0.5, 0.6) is 0 Å². The molecule has 1 amide bonds. The zero-order chi connectivity index (χ0) is 23.1. The second-order valence-corrected chi connectivity index (χ2v) is 9.99. The molecule has 2 aliphatic rings. The molecule has 0 bridgehead atoms. The van der Waals surface area contributed by atoms with Gasteiger partial charge in [0.05, 0.1) is 24.3 Å². The lowest BCUT2D eigenvalue weighted by molar-refractivity contribution is -0.0130. The fourth-order valence-corrected chi connectivity index (χ4v) is 4.39. The van der Waals surface area contributed by atoms with Gasteiger partial charge in [0, 0.05) is 25.2 Å². The molecule has 0 aliphatic carbocycles. The van der Waals surface area contributed by atoms with Crippen molar-refractivity contribution in [1.82, 2.24) is 9.80 Å². The SMILES string of the molecule is CC(C)(C)OC(=O)N1CCC(CCN2CCCC(OCc3ccc(C#N)cc3F)C2)CC1. The number of nitriles is 1. The number of ether oxygens (including phenoxy) is 2. The molecule has 6 nitrogen and oxygen atoms in total. The summed E-state index contributed by atoms with van der Waals surface area (Å²) in [6.07, 6.45) is 5.13. The number of halogens is 1. The summed E-state index contributed by atoms with van der Waals surface area (Å²) in [6.45, 7) is 10.4. The van der Waals surface area contributed by atoms with Crippen LogP contribution < -0.4 is 0 Å². The minimum Gasteiger partial charge on any atom is -0.444 e. The number of likely N-dealkylation sites (tertiary alicyclic amines) is 2. The van der Waals surface area contributed by atoms with E-state index in [1.165, 1.54) is 6.07 Å². The molecule has 1 aromatic rings. The van der Waals surface area contributed by atoms with E-state index in [4.69, 9.17) is 14.7 Å². The van der Waals surface area contributed by atoms with Crippen LogP contribution >= 0.6 is 0 Å². The summed E-state index contributed by atoms with van der Waals surface area (Å²) in [4.78, 5) is 16.5. The molecule has 2 fully saturated rings. The molecule has 0 radical (unpaired) electrons. The van der Waals surface area contributed by atoms with Gasteiger partial charge < -0.3 is 19.3 Å². The van der Waals surface area contributed by atoms with Gasteiger partial charge >= 0.3 is 6.09 Å². The van der Waals surface area contributed by atoms with Crippen molar-refractivity contribution >= 4 is 6.09 Å². The van der Waals surface area contributed by atoms with Crippen molar-refractivity contribution in [2.75, 3.05) is 32.7 Å². The number of amides is 1. The fourth-order valence-electron chi connectivity index (χ4n) is 4.39. The molecule has 32 heavy (non-hydrogen) atoms. The normalized spacial score (nSPS) is 20.7. The Morgan fingerprint density at radius 2 is 1.97 bits per heavy atom. The van der Waals surface area contributed by atoms with E-state index in [1.807, 2.05) is 31.7 Å². The van der Waals surface area contributed by atoms with Crippen LogP contribution in [0.4, 0.5) is 9.18 Å². The Balaban J connectivity index is 1.37. The molecular weight excluding hydrogens is 409 g/mol. The summed E-state index contributed by atoms with van der Waals surface area (Å²) in [5.74, 6) is 0.247. The molecular formula is C25H36FN3O3. The van der Waals surface area contributed by atoms with Gasteiger partial charge in [-0.1, -0.05) is 6.07 Å². The number of hydrogen-bond donors (Lipinski definition) is 0. The van der Waals surface area contributed by atoms with Crippen molar-refractivity contribution < 1.29 is 18.7 Å². The molecule has 7 heteroatoms. The Morgan fingerprint density at radius 3 is 2.62 bits per heavy atom. The van der Waals surface area contributed by atoms with Crippen LogP contribution in [-0.2, 0) is 16.1 Å². The van der Waals surface area contributed by atoms with Gasteiger partial charge in [-0.05, 0) is 84.0 Å². The van der Waals surface area contributed by atoms with Crippen molar-refractivity contribution in [2.45, 2.75) is 71.2 Å². The predicted octanol–water partition coefficient (Wildman–Crippen LogP) is 4.72. The first-order valence-electron chi connectivity index (χ1n) is 11.7. The molecule has 3 rings (SSSR count). The third-order valence-corrected chi connectivity index (χ3v) is 6.24. The van der Waals surface area contributed by atoms with Crippen LogP contribution in [0.2, 0.25) is 0 Å². The first-order chi connectivity index (χ1) is 15.2. The lowest BCUT2D eigenvalue weighted by Gasteiger charge is -2.36. The van der Waals surface area contributed by atoms with Gasteiger partial charge in [0.1, 0.15) is 11.4 Å². The first-order valence-corrected chi connectivity index (χ1v) is 11.7. The van der Waals surface area contributed by atoms with Gasteiger partial charge in [0.2, 0.25) is 0 Å². The predicted molar refractivity (Wildman–Crippen MR) is 121 cm³/mol. The zero-order valence-electron chi connectivity index (χ0n) is 19.6. The second-order valence-electron chi connectivity index (χ2n) is 9.99. The van der Waals surface area contributed by atoms with Crippen molar-refractivity contribution in [1.29, 1.82) is 5.26 Å². The van der Waals surface area contributed by atoms with Gasteiger partial charge in [-0.15, -0.1) is 0 Å². The number of carbonyl (C=O) groups excluding carboxylic acids is 1. The Labute approximate surface area is 191 Å². The number of rotatable bonds is 6. The van der Waals surface area contributed by atoms with Crippen molar-refractivity contribution in [3.8, 4) is 6.07 Å². The third-order valence-electron chi connectivity index (χ3n) is 6.24. The highest BCUT2D eigenvalue weighted by molar-refractivity contribution is 5.68. The van der Waals surface area contributed by atoms with Crippen molar-refractivity contribution in [3.63, 3.8) is 0 Å². The molecule has 0 aromatic heterocycles. The molecule has 0 N–H and O–H groups in total. The molecule has 176 valence electrons. The number of carbonyl (C=O) groups is 1. The molecule has 1 unspecified atom stereocenters. The lowest BCUT2D eigenvalue weighted by Crippen LogP contribution is -2.43. The monoisotopic (exact) mass is 445 g/mol. The van der Waals surface area contributed by atoms with Gasteiger partial charge in [-0.2, -0.15) is 5.26 Å². The Kier molecular flexibility index (Phi) is 8.50. The van der Waals surface area contributed by atoms with Crippen LogP contribution in [-0.4, -0.2) is 60.3 Å². The summed E-state index contributed by atoms with van der Waals surface area (Å²) >= 11 is 0. The van der Waals surface area contributed by atoms with Gasteiger partial charge in [0.15, 0.2) is 0 Å². The molecule has 1 atom stereocenters. The number of nitrogens with zero attached hydrogens (tertiary/aromatic N) is 3. The highest BCUT2D eigenvalue weighted by atomic mass is 19.1. The maximum absolute atomic E-state index is 14.1. The van der Waals surface area contributed by atoms with E-state index in [1.54, 1.807) is 12.1 Å². The van der Waals surface area contributed by atoms with E-state index >= 15 is 0 Å². The molecule has 0 spiro atoms. The summed E-state index contributed by atoms with van der Waals surface area (Å²) < 4.78 is 25.6. The van der Waals surface area contributed by atoms with Crippen LogP contribution in [0.3, 0.4) is 0 Å². The topological polar surface area (TPSA) is 65.8 Å². The Hall–Kier alpha value is -2.17. The second kappa shape index (κ2) is 11.1. The van der Waals surface area contributed by atoms with Crippen molar-refractivity contribution in [2.24, 2.45) is 5.92 Å². The van der Waals surface area contributed by atoms with Crippen LogP contribution in [0, 0.1) is 23.1 Å². The molecule has 2 aliphatic heterocycles. The standard InChI is InChI=1S/C25H36FN3O3/c1-25(2,3)32-24(30)29-13-9-19(10-14-29)8-12-28-11-4-5-22(17-28)31-18-21-7-6-20(16-27)15-23(21)26/h6-7,15,19,22H,4-5,8-14,17-18H2,1-3H3. The highest BCUT2D eigenvalue weighted by Crippen LogP contribution is 2.24. The zero-order valence-corrected chi connectivity index (χ0v) is 19.6. The Morgan fingerprint density at radius 1 is 1.22 bits per heavy atom.